The second-order valence-electron chi connectivity index (χ2n) is 4.92. The van der Waals surface area contributed by atoms with Crippen LogP contribution in [0.2, 0.25) is 0 Å². The summed E-state index contributed by atoms with van der Waals surface area (Å²) in [5.74, 6) is -0.637. The topological polar surface area (TPSA) is 55.8 Å². The van der Waals surface area contributed by atoms with E-state index in [4.69, 9.17) is 9.47 Å². The van der Waals surface area contributed by atoms with Crippen molar-refractivity contribution in [2.75, 3.05) is 25.2 Å². The van der Waals surface area contributed by atoms with Crippen LogP contribution in [0.3, 0.4) is 0 Å². The molecular weight excluding hydrogens is 270 g/mol. The number of hydrogen-bond donors (Lipinski definition) is 0. The van der Waals surface area contributed by atoms with Crippen molar-refractivity contribution in [2.45, 2.75) is 26.7 Å². The zero-order valence-corrected chi connectivity index (χ0v) is 12.7. The van der Waals surface area contributed by atoms with E-state index in [1.54, 1.807) is 18.9 Å². The van der Waals surface area contributed by atoms with E-state index in [2.05, 4.69) is 0 Å². The smallest absolute Gasteiger partial charge is 0.318 e. The zero-order chi connectivity index (χ0) is 15.4. The molecule has 0 saturated heterocycles. The van der Waals surface area contributed by atoms with Crippen LogP contribution in [0.25, 0.3) is 0 Å². The lowest BCUT2D eigenvalue weighted by molar-refractivity contribution is -0.151. The van der Waals surface area contributed by atoms with Crippen molar-refractivity contribution in [3.8, 4) is 5.75 Å². The van der Waals surface area contributed by atoms with Gasteiger partial charge in [-0.05, 0) is 38.3 Å². The second-order valence-corrected chi connectivity index (χ2v) is 4.92. The highest BCUT2D eigenvalue weighted by Gasteiger charge is 2.35. The summed E-state index contributed by atoms with van der Waals surface area (Å²) < 4.78 is 10.3. The van der Waals surface area contributed by atoms with Crippen LogP contribution in [-0.2, 0) is 20.7 Å². The Bertz CT molecular complexity index is 541. The first-order chi connectivity index (χ1) is 10.1. The van der Waals surface area contributed by atoms with Gasteiger partial charge in [-0.2, -0.15) is 0 Å². The molecule has 0 fully saturated rings. The quantitative estimate of drug-likeness (QED) is 0.630. The minimum Gasteiger partial charge on any atom is -0.497 e. The molecule has 0 radical (unpaired) electrons. The lowest BCUT2D eigenvalue weighted by atomic mass is 10.0. The predicted octanol–water partition coefficient (Wildman–Crippen LogP) is 2.17. The molecule has 0 unspecified atom stereocenters. The number of anilines is 1. The number of aryl methyl sites for hydroxylation is 1. The third-order valence-corrected chi connectivity index (χ3v) is 3.74. The SMILES string of the molecule is CCOC(=O)[C@H]1CCc2ccc(OC)cc2N(CC)C1=O. The third-order valence-electron chi connectivity index (χ3n) is 3.74. The van der Waals surface area contributed by atoms with Gasteiger partial charge in [-0.3, -0.25) is 9.59 Å². The number of carbonyl (C=O) groups excluding carboxylic acids is 2. The van der Waals surface area contributed by atoms with E-state index in [9.17, 15) is 9.59 Å². The van der Waals surface area contributed by atoms with Gasteiger partial charge in [0.1, 0.15) is 11.7 Å². The molecule has 1 aliphatic rings. The van der Waals surface area contributed by atoms with Crippen LogP contribution in [0.4, 0.5) is 5.69 Å². The van der Waals surface area contributed by atoms with Crippen molar-refractivity contribution in [1.82, 2.24) is 0 Å². The zero-order valence-electron chi connectivity index (χ0n) is 12.7. The summed E-state index contributed by atoms with van der Waals surface area (Å²) in [5.41, 5.74) is 1.88. The number of carbonyl (C=O) groups is 2. The molecule has 0 spiro atoms. The predicted molar refractivity (Wildman–Crippen MR) is 79.5 cm³/mol. The molecule has 1 aromatic rings. The Balaban J connectivity index is 2.37. The Morgan fingerprint density at radius 3 is 2.76 bits per heavy atom. The van der Waals surface area contributed by atoms with E-state index >= 15 is 0 Å². The molecular formula is C16H21NO4. The number of fused-ring (bicyclic) bond motifs is 1. The molecule has 0 bridgehead atoms. The van der Waals surface area contributed by atoms with Crippen molar-refractivity contribution in [1.29, 1.82) is 0 Å². The highest BCUT2D eigenvalue weighted by atomic mass is 16.5. The van der Waals surface area contributed by atoms with Gasteiger partial charge in [0.25, 0.3) is 0 Å². The summed E-state index contributed by atoms with van der Waals surface area (Å²) in [6.07, 6.45) is 1.15. The van der Waals surface area contributed by atoms with Gasteiger partial charge in [0.05, 0.1) is 19.4 Å². The number of ether oxygens (including phenoxy) is 2. The Morgan fingerprint density at radius 2 is 2.14 bits per heavy atom. The molecule has 114 valence electrons. The van der Waals surface area contributed by atoms with Crippen molar-refractivity contribution in [3.63, 3.8) is 0 Å². The number of rotatable bonds is 4. The van der Waals surface area contributed by atoms with Crippen LogP contribution >= 0.6 is 0 Å². The van der Waals surface area contributed by atoms with Crippen LogP contribution in [0.15, 0.2) is 18.2 Å². The molecule has 0 N–H and O–H groups in total. The number of nitrogens with zero attached hydrogens (tertiary/aromatic N) is 1. The Labute approximate surface area is 124 Å². The first-order valence-corrected chi connectivity index (χ1v) is 7.27. The van der Waals surface area contributed by atoms with Crippen molar-refractivity contribution in [3.05, 3.63) is 23.8 Å². The number of hydrogen-bond acceptors (Lipinski definition) is 4. The van der Waals surface area contributed by atoms with E-state index in [1.165, 1.54) is 0 Å². The highest BCUT2D eigenvalue weighted by Crippen LogP contribution is 2.32. The van der Waals surface area contributed by atoms with E-state index in [-0.39, 0.29) is 12.5 Å². The maximum atomic E-state index is 12.6. The lowest BCUT2D eigenvalue weighted by Gasteiger charge is -2.24. The van der Waals surface area contributed by atoms with E-state index in [0.717, 1.165) is 11.3 Å². The third kappa shape index (κ3) is 3.01. The second kappa shape index (κ2) is 6.61. The first-order valence-electron chi connectivity index (χ1n) is 7.27. The molecule has 0 saturated carbocycles. The Hall–Kier alpha value is -2.04. The molecule has 1 aromatic carbocycles. The summed E-state index contributed by atoms with van der Waals surface area (Å²) in [7, 11) is 1.60. The summed E-state index contributed by atoms with van der Waals surface area (Å²) in [4.78, 5) is 26.3. The van der Waals surface area contributed by atoms with Crippen molar-refractivity contribution >= 4 is 17.6 Å². The average Bonchev–Trinajstić information content (AvgIpc) is 2.62. The molecule has 0 aromatic heterocycles. The van der Waals surface area contributed by atoms with Gasteiger partial charge >= 0.3 is 5.97 Å². The van der Waals surface area contributed by atoms with Crippen molar-refractivity contribution < 1.29 is 19.1 Å². The van der Waals surface area contributed by atoms with Gasteiger partial charge in [0, 0.05) is 12.6 Å². The maximum Gasteiger partial charge on any atom is 0.318 e. The summed E-state index contributed by atoms with van der Waals surface area (Å²) in [6, 6.07) is 5.68. The summed E-state index contributed by atoms with van der Waals surface area (Å²) in [6.45, 7) is 4.44. The van der Waals surface area contributed by atoms with Crippen LogP contribution in [0.5, 0.6) is 5.75 Å². The van der Waals surface area contributed by atoms with Crippen LogP contribution in [0.1, 0.15) is 25.8 Å². The molecule has 5 nitrogen and oxygen atoms in total. The molecule has 0 aliphatic carbocycles. The minimum atomic E-state index is -0.719. The average molecular weight is 291 g/mol. The van der Waals surface area contributed by atoms with Gasteiger partial charge in [-0.15, -0.1) is 0 Å². The fourth-order valence-electron chi connectivity index (χ4n) is 2.65. The first kappa shape index (κ1) is 15.4. The van der Waals surface area contributed by atoms with Gasteiger partial charge in [0.15, 0.2) is 0 Å². The molecule has 1 heterocycles. The molecule has 2 rings (SSSR count). The van der Waals surface area contributed by atoms with Crippen LogP contribution < -0.4 is 9.64 Å². The fourth-order valence-corrected chi connectivity index (χ4v) is 2.65. The molecule has 21 heavy (non-hydrogen) atoms. The van der Waals surface area contributed by atoms with Gasteiger partial charge in [0.2, 0.25) is 5.91 Å². The van der Waals surface area contributed by atoms with Gasteiger partial charge in [-0.1, -0.05) is 6.07 Å². The van der Waals surface area contributed by atoms with Crippen molar-refractivity contribution in [2.24, 2.45) is 5.92 Å². The monoisotopic (exact) mass is 291 g/mol. The number of amides is 1. The van der Waals surface area contributed by atoms with Crippen LogP contribution in [0, 0.1) is 5.92 Å². The van der Waals surface area contributed by atoms with E-state index in [0.29, 0.717) is 25.1 Å². The molecule has 5 heteroatoms. The Kier molecular flexibility index (Phi) is 4.83. The summed E-state index contributed by atoms with van der Waals surface area (Å²) in [5, 5.41) is 0. The highest BCUT2D eigenvalue weighted by molar-refractivity contribution is 6.07. The normalized spacial score (nSPS) is 18.0. The standard InChI is InChI=1S/C16H21NO4/c1-4-17-14-10-12(20-3)8-6-11(14)7-9-13(15(17)18)16(19)21-5-2/h6,8,10,13H,4-5,7,9H2,1-3H3/t13-/m0/s1. The largest absolute Gasteiger partial charge is 0.497 e. The lowest BCUT2D eigenvalue weighted by Crippen LogP contribution is -2.39. The molecule has 1 atom stereocenters. The molecule has 1 amide bonds. The van der Waals surface area contributed by atoms with Gasteiger partial charge < -0.3 is 14.4 Å². The summed E-state index contributed by atoms with van der Waals surface area (Å²) >= 11 is 0. The van der Waals surface area contributed by atoms with Gasteiger partial charge in [-0.25, -0.2) is 0 Å². The Morgan fingerprint density at radius 1 is 1.38 bits per heavy atom. The number of esters is 1. The van der Waals surface area contributed by atoms with E-state index in [1.807, 2.05) is 25.1 Å². The fraction of sp³-hybridized carbons (Fsp3) is 0.500. The maximum absolute atomic E-state index is 12.6. The van der Waals surface area contributed by atoms with Crippen LogP contribution in [-0.4, -0.2) is 32.1 Å². The number of benzene rings is 1. The van der Waals surface area contributed by atoms with E-state index < -0.39 is 11.9 Å². The number of methoxy groups -OCH3 is 1. The molecule has 1 aliphatic heterocycles. The minimum absolute atomic E-state index is 0.192.